The highest BCUT2D eigenvalue weighted by molar-refractivity contribution is 6.39. The van der Waals surface area contributed by atoms with Crippen molar-refractivity contribution in [2.24, 2.45) is 5.10 Å². The zero-order valence-corrected chi connectivity index (χ0v) is 11.2. The number of rotatable bonds is 4. The number of nitrogens with one attached hydrogen (secondary N) is 1. The molecule has 0 aliphatic carbocycles. The van der Waals surface area contributed by atoms with E-state index in [-0.39, 0.29) is 11.8 Å². The molecule has 1 N–H and O–H groups in total. The zero-order valence-electron chi connectivity index (χ0n) is 11.2. The SMILES string of the molecule is CN(CCN1CCOCC1)C(=O)C1=NNC(=O)CC1. The summed E-state index contributed by atoms with van der Waals surface area (Å²) < 4.78 is 5.28. The molecule has 106 valence electrons. The van der Waals surface area contributed by atoms with E-state index in [1.807, 2.05) is 0 Å². The van der Waals surface area contributed by atoms with Gasteiger partial charge in [-0.3, -0.25) is 14.5 Å². The minimum absolute atomic E-state index is 0.103. The van der Waals surface area contributed by atoms with Crippen LogP contribution in [-0.4, -0.2) is 73.8 Å². The summed E-state index contributed by atoms with van der Waals surface area (Å²) in [5, 5.41) is 3.82. The van der Waals surface area contributed by atoms with Gasteiger partial charge in [0.1, 0.15) is 5.71 Å². The maximum atomic E-state index is 12.1. The zero-order chi connectivity index (χ0) is 13.7. The summed E-state index contributed by atoms with van der Waals surface area (Å²) in [6.45, 7) is 4.85. The third kappa shape index (κ3) is 4.00. The molecule has 1 saturated heterocycles. The molecule has 0 saturated carbocycles. The van der Waals surface area contributed by atoms with Crippen molar-refractivity contribution in [2.75, 3.05) is 46.4 Å². The molecular weight excluding hydrogens is 248 g/mol. The van der Waals surface area contributed by atoms with Crippen molar-refractivity contribution < 1.29 is 14.3 Å². The highest BCUT2D eigenvalue weighted by Crippen LogP contribution is 2.03. The molecule has 1 fully saturated rings. The van der Waals surface area contributed by atoms with Gasteiger partial charge in [-0.25, -0.2) is 5.43 Å². The van der Waals surface area contributed by atoms with Crippen LogP contribution < -0.4 is 5.43 Å². The number of morpholine rings is 1. The van der Waals surface area contributed by atoms with Crippen molar-refractivity contribution >= 4 is 17.5 Å². The molecule has 0 aromatic carbocycles. The standard InChI is InChI=1S/C12H20N4O3/c1-15(4-5-16-6-8-19-9-7-16)12(18)10-2-3-11(17)14-13-10/h2-9H2,1H3,(H,14,17). The van der Waals surface area contributed by atoms with Crippen LogP contribution in [0.4, 0.5) is 0 Å². The van der Waals surface area contributed by atoms with Crippen molar-refractivity contribution in [2.45, 2.75) is 12.8 Å². The smallest absolute Gasteiger partial charge is 0.269 e. The van der Waals surface area contributed by atoms with Crippen LogP contribution in [0.25, 0.3) is 0 Å². The van der Waals surface area contributed by atoms with Gasteiger partial charge in [0.15, 0.2) is 0 Å². The summed E-state index contributed by atoms with van der Waals surface area (Å²) in [7, 11) is 1.77. The number of carbonyl (C=O) groups is 2. The quantitative estimate of drug-likeness (QED) is 0.713. The number of likely N-dealkylation sites (N-methyl/N-ethyl adjacent to an activating group) is 1. The first kappa shape index (κ1) is 14.0. The predicted molar refractivity (Wildman–Crippen MR) is 69.7 cm³/mol. The summed E-state index contributed by atoms with van der Waals surface area (Å²) in [6.07, 6.45) is 0.758. The van der Waals surface area contributed by atoms with Crippen molar-refractivity contribution in [1.29, 1.82) is 0 Å². The van der Waals surface area contributed by atoms with E-state index in [9.17, 15) is 9.59 Å². The summed E-state index contributed by atoms with van der Waals surface area (Å²) in [4.78, 5) is 27.0. The monoisotopic (exact) mass is 268 g/mol. The largest absolute Gasteiger partial charge is 0.379 e. The van der Waals surface area contributed by atoms with Gasteiger partial charge in [0.05, 0.1) is 13.2 Å². The number of hydrazone groups is 1. The van der Waals surface area contributed by atoms with E-state index in [1.165, 1.54) is 0 Å². The van der Waals surface area contributed by atoms with Gasteiger partial charge in [0.25, 0.3) is 5.91 Å². The molecule has 7 heteroatoms. The molecule has 19 heavy (non-hydrogen) atoms. The Morgan fingerprint density at radius 2 is 2.16 bits per heavy atom. The number of hydrogen-bond donors (Lipinski definition) is 1. The van der Waals surface area contributed by atoms with E-state index >= 15 is 0 Å². The number of ether oxygens (including phenoxy) is 1. The molecule has 2 amide bonds. The third-order valence-electron chi connectivity index (χ3n) is 3.35. The Balaban J connectivity index is 1.77. The van der Waals surface area contributed by atoms with Gasteiger partial charge >= 0.3 is 0 Å². The van der Waals surface area contributed by atoms with Crippen LogP contribution in [0.2, 0.25) is 0 Å². The normalized spacial score (nSPS) is 20.7. The van der Waals surface area contributed by atoms with Crippen LogP contribution in [0.5, 0.6) is 0 Å². The molecule has 2 heterocycles. The second-order valence-electron chi connectivity index (χ2n) is 4.77. The maximum Gasteiger partial charge on any atom is 0.269 e. The van der Waals surface area contributed by atoms with Gasteiger partial charge in [-0.2, -0.15) is 5.10 Å². The van der Waals surface area contributed by atoms with Gasteiger partial charge in [-0.15, -0.1) is 0 Å². The molecule has 0 atom stereocenters. The summed E-state index contributed by atoms with van der Waals surface area (Å²) >= 11 is 0. The lowest BCUT2D eigenvalue weighted by molar-refractivity contribution is -0.123. The third-order valence-corrected chi connectivity index (χ3v) is 3.35. The van der Waals surface area contributed by atoms with E-state index in [0.29, 0.717) is 25.1 Å². The Hall–Kier alpha value is -1.47. The van der Waals surface area contributed by atoms with Gasteiger partial charge in [0, 0.05) is 46.1 Å². The van der Waals surface area contributed by atoms with Crippen molar-refractivity contribution in [3.63, 3.8) is 0 Å². The van der Waals surface area contributed by atoms with Crippen molar-refractivity contribution in [3.05, 3.63) is 0 Å². The first-order valence-electron chi connectivity index (χ1n) is 6.58. The Labute approximate surface area is 112 Å². The number of nitrogens with zero attached hydrogens (tertiary/aromatic N) is 3. The fourth-order valence-electron chi connectivity index (χ4n) is 2.07. The molecule has 0 spiro atoms. The number of hydrogen-bond acceptors (Lipinski definition) is 5. The second-order valence-corrected chi connectivity index (χ2v) is 4.77. The van der Waals surface area contributed by atoms with E-state index in [0.717, 1.165) is 32.8 Å². The molecule has 2 aliphatic rings. The summed E-state index contributed by atoms with van der Waals surface area (Å²) in [6, 6.07) is 0. The van der Waals surface area contributed by atoms with Gasteiger partial charge < -0.3 is 9.64 Å². The van der Waals surface area contributed by atoms with Crippen molar-refractivity contribution in [1.82, 2.24) is 15.2 Å². The highest BCUT2D eigenvalue weighted by Gasteiger charge is 2.21. The van der Waals surface area contributed by atoms with Crippen LogP contribution in [-0.2, 0) is 14.3 Å². The lowest BCUT2D eigenvalue weighted by atomic mass is 10.1. The van der Waals surface area contributed by atoms with Crippen LogP contribution in [0.1, 0.15) is 12.8 Å². The maximum absolute atomic E-state index is 12.1. The fraction of sp³-hybridized carbons (Fsp3) is 0.750. The molecular formula is C12H20N4O3. The minimum Gasteiger partial charge on any atom is -0.379 e. The Kier molecular flexibility index (Phi) is 4.86. The molecule has 0 radical (unpaired) electrons. The van der Waals surface area contributed by atoms with Gasteiger partial charge in [-0.05, 0) is 0 Å². The van der Waals surface area contributed by atoms with Gasteiger partial charge in [-0.1, -0.05) is 0 Å². The lowest BCUT2D eigenvalue weighted by Gasteiger charge is -2.28. The first-order valence-corrected chi connectivity index (χ1v) is 6.58. The molecule has 2 rings (SSSR count). The highest BCUT2D eigenvalue weighted by atomic mass is 16.5. The summed E-state index contributed by atoms with van der Waals surface area (Å²) in [5.74, 6) is -0.235. The molecule has 0 bridgehead atoms. The average Bonchev–Trinajstić information content (AvgIpc) is 2.46. The van der Waals surface area contributed by atoms with E-state index in [1.54, 1.807) is 11.9 Å². The summed E-state index contributed by atoms with van der Waals surface area (Å²) in [5.41, 5.74) is 2.78. The lowest BCUT2D eigenvalue weighted by Crippen LogP contribution is -2.44. The Morgan fingerprint density at radius 3 is 2.79 bits per heavy atom. The second kappa shape index (κ2) is 6.63. The van der Waals surface area contributed by atoms with E-state index in [4.69, 9.17) is 4.74 Å². The number of amides is 2. The predicted octanol–water partition coefficient (Wildman–Crippen LogP) is -0.957. The van der Waals surface area contributed by atoms with Crippen molar-refractivity contribution in [3.8, 4) is 0 Å². The Morgan fingerprint density at radius 1 is 1.42 bits per heavy atom. The van der Waals surface area contributed by atoms with Gasteiger partial charge in [0.2, 0.25) is 5.91 Å². The minimum atomic E-state index is -0.132. The molecule has 0 unspecified atom stereocenters. The van der Waals surface area contributed by atoms with Crippen LogP contribution in [0, 0.1) is 0 Å². The van der Waals surface area contributed by atoms with Crippen LogP contribution in [0.15, 0.2) is 5.10 Å². The van der Waals surface area contributed by atoms with E-state index in [2.05, 4.69) is 15.4 Å². The topological polar surface area (TPSA) is 74.2 Å². The first-order chi connectivity index (χ1) is 9.16. The van der Waals surface area contributed by atoms with E-state index < -0.39 is 0 Å². The molecule has 0 aromatic heterocycles. The fourth-order valence-corrected chi connectivity index (χ4v) is 2.07. The molecule has 2 aliphatic heterocycles. The number of carbonyl (C=O) groups excluding carboxylic acids is 2. The molecule has 7 nitrogen and oxygen atoms in total. The molecule has 0 aromatic rings. The Bertz CT molecular complexity index is 377. The van der Waals surface area contributed by atoms with Crippen LogP contribution in [0.3, 0.4) is 0 Å². The van der Waals surface area contributed by atoms with Crippen LogP contribution >= 0.6 is 0 Å². The average molecular weight is 268 g/mol.